The number of hydrogen-bond acceptors (Lipinski definition) is 6. The molecule has 8 nitrogen and oxygen atoms in total. The highest BCUT2D eigenvalue weighted by Crippen LogP contribution is 2.39. The molecular formula is C23H16N2O6. The van der Waals surface area contributed by atoms with Crippen molar-refractivity contribution in [1.82, 2.24) is 4.90 Å². The normalized spacial score (nSPS) is 15.5. The Morgan fingerprint density at radius 2 is 1.87 bits per heavy atom. The van der Waals surface area contributed by atoms with Crippen LogP contribution in [0.3, 0.4) is 0 Å². The molecule has 8 heteroatoms. The predicted octanol–water partition coefficient (Wildman–Crippen LogP) is 4.35. The summed E-state index contributed by atoms with van der Waals surface area (Å²) in [7, 11) is 0. The van der Waals surface area contributed by atoms with Crippen LogP contribution in [0.25, 0.3) is 11.0 Å². The van der Waals surface area contributed by atoms with Gasteiger partial charge in [-0.15, -0.1) is 0 Å². The maximum absolute atomic E-state index is 13.5. The van der Waals surface area contributed by atoms with Gasteiger partial charge in [-0.25, -0.2) is 0 Å². The van der Waals surface area contributed by atoms with Crippen LogP contribution in [0.2, 0.25) is 0 Å². The fourth-order valence-electron chi connectivity index (χ4n) is 3.99. The molecule has 0 bridgehead atoms. The average molecular weight is 416 g/mol. The molecule has 0 N–H and O–H groups in total. The first kappa shape index (κ1) is 18.8. The van der Waals surface area contributed by atoms with Crippen molar-refractivity contribution in [2.45, 2.75) is 19.5 Å². The van der Waals surface area contributed by atoms with Crippen LogP contribution in [0, 0.1) is 17.0 Å². The number of nitro benzene ring substituents is 1. The van der Waals surface area contributed by atoms with Gasteiger partial charge in [0, 0.05) is 12.1 Å². The third-order valence-corrected chi connectivity index (χ3v) is 5.45. The standard InChI is InChI=1S/C23H16N2O6/c1-13-4-9-18-17(11-13)21(26)19-20(14-5-7-15(8-6-14)25(28)29)24(23(27)22(19)31-18)12-16-3-2-10-30-16/h2-11,20H,12H2,1H3/t20-/m1/s1. The Balaban J connectivity index is 1.73. The molecule has 0 spiro atoms. The highest BCUT2D eigenvalue weighted by atomic mass is 16.6. The monoisotopic (exact) mass is 416 g/mol. The highest BCUT2D eigenvalue weighted by molar-refractivity contribution is 5.99. The number of nitro groups is 1. The summed E-state index contributed by atoms with van der Waals surface area (Å²) in [6.07, 6.45) is 1.50. The van der Waals surface area contributed by atoms with Crippen molar-refractivity contribution in [3.05, 3.63) is 109 Å². The Labute approximate surface area is 175 Å². The van der Waals surface area contributed by atoms with Gasteiger partial charge in [0.25, 0.3) is 11.6 Å². The summed E-state index contributed by atoms with van der Waals surface area (Å²) in [5, 5.41) is 11.4. The fraction of sp³-hybridized carbons (Fsp3) is 0.130. The number of benzene rings is 2. The van der Waals surface area contributed by atoms with Gasteiger partial charge in [-0.1, -0.05) is 11.6 Å². The Morgan fingerprint density at radius 3 is 2.55 bits per heavy atom. The van der Waals surface area contributed by atoms with Gasteiger partial charge in [0.2, 0.25) is 5.76 Å². The number of carbonyl (C=O) groups excluding carboxylic acids is 1. The number of rotatable bonds is 4. The molecule has 1 aliphatic heterocycles. The van der Waals surface area contributed by atoms with Crippen LogP contribution in [0.4, 0.5) is 5.69 Å². The molecule has 0 saturated carbocycles. The second kappa shape index (κ2) is 6.94. The number of amides is 1. The summed E-state index contributed by atoms with van der Waals surface area (Å²) in [5.74, 6) is 0.0894. The summed E-state index contributed by atoms with van der Waals surface area (Å²) in [6, 6.07) is 13.7. The highest BCUT2D eigenvalue weighted by Gasteiger charge is 2.43. The van der Waals surface area contributed by atoms with Gasteiger partial charge in [-0.05, 0) is 48.9 Å². The molecule has 154 valence electrons. The number of carbonyl (C=O) groups is 1. The van der Waals surface area contributed by atoms with E-state index in [0.29, 0.717) is 22.3 Å². The Morgan fingerprint density at radius 1 is 1.10 bits per heavy atom. The van der Waals surface area contributed by atoms with Crippen molar-refractivity contribution in [3.8, 4) is 0 Å². The van der Waals surface area contributed by atoms with Crippen molar-refractivity contribution in [3.63, 3.8) is 0 Å². The molecule has 4 aromatic rings. The topological polar surface area (TPSA) is 107 Å². The number of furan rings is 1. The lowest BCUT2D eigenvalue weighted by Gasteiger charge is -2.24. The fourth-order valence-corrected chi connectivity index (χ4v) is 3.99. The van der Waals surface area contributed by atoms with Crippen LogP contribution in [0.15, 0.2) is 74.5 Å². The molecule has 0 radical (unpaired) electrons. The Hall–Kier alpha value is -4.20. The number of non-ortho nitro benzene ring substituents is 1. The van der Waals surface area contributed by atoms with Crippen molar-refractivity contribution in [1.29, 1.82) is 0 Å². The van der Waals surface area contributed by atoms with E-state index in [0.717, 1.165) is 5.56 Å². The molecule has 1 aliphatic rings. The molecule has 1 amide bonds. The lowest BCUT2D eigenvalue weighted by Crippen LogP contribution is -2.29. The molecule has 2 aromatic carbocycles. The molecule has 3 heterocycles. The third-order valence-electron chi connectivity index (χ3n) is 5.45. The van der Waals surface area contributed by atoms with E-state index in [2.05, 4.69) is 0 Å². The smallest absolute Gasteiger partial charge is 0.291 e. The molecule has 0 saturated heterocycles. The minimum Gasteiger partial charge on any atom is -0.467 e. The molecule has 0 unspecified atom stereocenters. The van der Waals surface area contributed by atoms with Gasteiger partial charge >= 0.3 is 0 Å². The third kappa shape index (κ3) is 3.00. The molecule has 1 atom stereocenters. The lowest BCUT2D eigenvalue weighted by molar-refractivity contribution is -0.384. The van der Waals surface area contributed by atoms with Gasteiger partial charge in [0.1, 0.15) is 11.3 Å². The summed E-state index contributed by atoms with van der Waals surface area (Å²) in [5.41, 5.74) is 1.66. The van der Waals surface area contributed by atoms with Crippen molar-refractivity contribution in [2.75, 3.05) is 0 Å². The number of hydrogen-bond donors (Lipinski definition) is 0. The SMILES string of the molecule is Cc1ccc2oc3c(c(=O)c2c1)[C@@H](c1ccc([N+](=O)[O-])cc1)N(Cc1ccco1)C3=O. The molecule has 31 heavy (non-hydrogen) atoms. The maximum Gasteiger partial charge on any atom is 0.291 e. The Bertz CT molecular complexity index is 1390. The first-order chi connectivity index (χ1) is 14.9. The van der Waals surface area contributed by atoms with E-state index in [-0.39, 0.29) is 29.0 Å². The van der Waals surface area contributed by atoms with E-state index in [4.69, 9.17) is 8.83 Å². The first-order valence-electron chi connectivity index (χ1n) is 9.59. The van der Waals surface area contributed by atoms with Gasteiger partial charge in [-0.3, -0.25) is 19.7 Å². The van der Waals surface area contributed by atoms with E-state index in [1.54, 1.807) is 36.4 Å². The second-order valence-corrected chi connectivity index (χ2v) is 7.44. The molecular weight excluding hydrogens is 400 g/mol. The van der Waals surface area contributed by atoms with E-state index >= 15 is 0 Å². The van der Waals surface area contributed by atoms with Crippen LogP contribution in [-0.4, -0.2) is 15.7 Å². The number of aryl methyl sites for hydroxylation is 1. The van der Waals surface area contributed by atoms with Gasteiger partial charge < -0.3 is 13.7 Å². The van der Waals surface area contributed by atoms with Crippen molar-refractivity contribution >= 4 is 22.6 Å². The van der Waals surface area contributed by atoms with Crippen LogP contribution >= 0.6 is 0 Å². The summed E-state index contributed by atoms with van der Waals surface area (Å²) < 4.78 is 11.3. The number of nitrogens with zero attached hydrogens (tertiary/aromatic N) is 2. The zero-order chi connectivity index (χ0) is 21.7. The molecule has 0 fully saturated rings. The quantitative estimate of drug-likeness (QED) is 0.362. The lowest BCUT2D eigenvalue weighted by atomic mass is 9.98. The van der Waals surface area contributed by atoms with E-state index in [1.165, 1.54) is 23.3 Å². The second-order valence-electron chi connectivity index (χ2n) is 7.44. The molecule has 5 rings (SSSR count). The maximum atomic E-state index is 13.5. The average Bonchev–Trinajstić information content (AvgIpc) is 3.36. The first-order valence-corrected chi connectivity index (χ1v) is 9.59. The summed E-state index contributed by atoms with van der Waals surface area (Å²) in [6.45, 7) is 1.99. The minimum atomic E-state index is -0.755. The zero-order valence-corrected chi connectivity index (χ0v) is 16.4. The van der Waals surface area contributed by atoms with Crippen LogP contribution in [0.1, 0.15) is 39.0 Å². The molecule has 0 aliphatic carbocycles. The molecule has 2 aromatic heterocycles. The van der Waals surface area contributed by atoms with Crippen LogP contribution in [-0.2, 0) is 6.54 Å². The van der Waals surface area contributed by atoms with Crippen LogP contribution in [0.5, 0.6) is 0 Å². The van der Waals surface area contributed by atoms with E-state index < -0.39 is 16.9 Å². The van der Waals surface area contributed by atoms with E-state index in [9.17, 15) is 19.7 Å². The Kier molecular flexibility index (Phi) is 4.21. The zero-order valence-electron chi connectivity index (χ0n) is 16.4. The predicted molar refractivity (Wildman–Crippen MR) is 111 cm³/mol. The van der Waals surface area contributed by atoms with Gasteiger partial charge in [-0.2, -0.15) is 0 Å². The summed E-state index contributed by atoms with van der Waals surface area (Å²) >= 11 is 0. The van der Waals surface area contributed by atoms with Gasteiger partial charge in [0.05, 0.1) is 34.7 Å². The summed E-state index contributed by atoms with van der Waals surface area (Å²) in [4.78, 5) is 38.8. The van der Waals surface area contributed by atoms with Crippen molar-refractivity contribution < 1.29 is 18.6 Å². The van der Waals surface area contributed by atoms with Gasteiger partial charge in [0.15, 0.2) is 5.43 Å². The minimum absolute atomic E-state index is 0.0174. The largest absolute Gasteiger partial charge is 0.467 e. The van der Waals surface area contributed by atoms with Crippen LogP contribution < -0.4 is 5.43 Å². The number of fused-ring (bicyclic) bond motifs is 2. The van der Waals surface area contributed by atoms with E-state index in [1.807, 2.05) is 13.0 Å². The van der Waals surface area contributed by atoms with Crippen molar-refractivity contribution in [2.24, 2.45) is 0 Å².